The van der Waals surface area contributed by atoms with E-state index in [1.165, 1.54) is 0 Å². The Morgan fingerprint density at radius 3 is 3.24 bits per heavy atom. The van der Waals surface area contributed by atoms with Gasteiger partial charge in [-0.25, -0.2) is 0 Å². The summed E-state index contributed by atoms with van der Waals surface area (Å²) in [6.45, 7) is 4.06. The third-order valence-electron chi connectivity index (χ3n) is 4.41. The maximum absolute atomic E-state index is 12.7. The molecule has 2 aliphatic rings. The number of rotatable bonds is 1. The van der Waals surface area contributed by atoms with Crippen molar-refractivity contribution in [2.45, 2.75) is 39.3 Å². The van der Waals surface area contributed by atoms with Gasteiger partial charge in [-0.2, -0.15) is 0 Å². The summed E-state index contributed by atoms with van der Waals surface area (Å²) in [5, 5.41) is 12.0. The zero-order chi connectivity index (χ0) is 14.4. The van der Waals surface area contributed by atoms with Crippen molar-refractivity contribution in [2.75, 3.05) is 6.54 Å². The lowest BCUT2D eigenvalue weighted by Gasteiger charge is -2.27. The lowest BCUT2D eigenvalue weighted by atomic mass is 9.88. The van der Waals surface area contributed by atoms with E-state index in [0.717, 1.165) is 43.0 Å². The van der Waals surface area contributed by atoms with Crippen LogP contribution in [0.4, 0.5) is 0 Å². The van der Waals surface area contributed by atoms with Crippen LogP contribution >= 0.6 is 0 Å². The molecule has 0 N–H and O–H groups in total. The SMILES string of the molecule is C[C@H]1CCc2onc(C(=O)N3CCn4cnnc4C3)c2C1. The van der Waals surface area contributed by atoms with Gasteiger partial charge in [0.1, 0.15) is 12.1 Å². The lowest BCUT2D eigenvalue weighted by Crippen LogP contribution is -2.39. The highest BCUT2D eigenvalue weighted by Crippen LogP contribution is 2.28. The van der Waals surface area contributed by atoms with Crippen LogP contribution in [-0.2, 0) is 25.9 Å². The van der Waals surface area contributed by atoms with Gasteiger partial charge in [0.2, 0.25) is 0 Å². The summed E-state index contributed by atoms with van der Waals surface area (Å²) >= 11 is 0. The molecule has 0 radical (unpaired) electrons. The van der Waals surface area contributed by atoms with Gasteiger partial charge in [0.15, 0.2) is 11.5 Å². The number of hydrogen-bond acceptors (Lipinski definition) is 5. The maximum Gasteiger partial charge on any atom is 0.276 e. The van der Waals surface area contributed by atoms with Gasteiger partial charge >= 0.3 is 0 Å². The van der Waals surface area contributed by atoms with Crippen molar-refractivity contribution >= 4 is 5.91 Å². The van der Waals surface area contributed by atoms with Crippen LogP contribution in [0.2, 0.25) is 0 Å². The molecule has 0 spiro atoms. The number of carbonyl (C=O) groups excluding carboxylic acids is 1. The van der Waals surface area contributed by atoms with Gasteiger partial charge in [0, 0.05) is 25.1 Å². The number of nitrogens with zero attached hydrogens (tertiary/aromatic N) is 5. The highest BCUT2D eigenvalue weighted by molar-refractivity contribution is 5.94. The normalized spacial score (nSPS) is 21.0. The molecule has 0 saturated carbocycles. The molecule has 2 aromatic heterocycles. The van der Waals surface area contributed by atoms with E-state index in [0.29, 0.717) is 24.7 Å². The molecular weight excluding hydrogens is 270 g/mol. The Hall–Kier alpha value is -2.18. The maximum atomic E-state index is 12.7. The second kappa shape index (κ2) is 4.68. The predicted molar refractivity (Wildman–Crippen MR) is 72.5 cm³/mol. The van der Waals surface area contributed by atoms with Gasteiger partial charge in [0.05, 0.1) is 6.54 Å². The van der Waals surface area contributed by atoms with Gasteiger partial charge < -0.3 is 14.0 Å². The fraction of sp³-hybridized carbons (Fsp3) is 0.571. The zero-order valence-electron chi connectivity index (χ0n) is 11.9. The minimum Gasteiger partial charge on any atom is -0.360 e. The van der Waals surface area contributed by atoms with Gasteiger partial charge in [-0.1, -0.05) is 12.1 Å². The molecule has 3 heterocycles. The van der Waals surface area contributed by atoms with Crippen LogP contribution in [0.5, 0.6) is 0 Å². The fourth-order valence-electron chi connectivity index (χ4n) is 3.14. The number of amides is 1. The molecule has 7 nitrogen and oxygen atoms in total. The Morgan fingerprint density at radius 1 is 1.43 bits per heavy atom. The van der Waals surface area contributed by atoms with Crippen molar-refractivity contribution in [2.24, 2.45) is 5.92 Å². The van der Waals surface area contributed by atoms with Gasteiger partial charge in [0.25, 0.3) is 5.91 Å². The standard InChI is InChI=1S/C14H17N5O2/c1-9-2-3-11-10(6-9)13(17-21-11)14(20)18-4-5-19-8-15-16-12(19)7-18/h8-9H,2-7H2,1H3/t9-/m0/s1. The first-order valence-corrected chi connectivity index (χ1v) is 7.35. The Morgan fingerprint density at radius 2 is 2.33 bits per heavy atom. The molecule has 7 heteroatoms. The monoisotopic (exact) mass is 287 g/mol. The van der Waals surface area contributed by atoms with Crippen molar-refractivity contribution in [3.05, 3.63) is 29.2 Å². The summed E-state index contributed by atoms with van der Waals surface area (Å²) in [6, 6.07) is 0. The van der Waals surface area contributed by atoms with Crippen LogP contribution in [0, 0.1) is 5.92 Å². The highest BCUT2D eigenvalue weighted by atomic mass is 16.5. The molecule has 0 fully saturated rings. The third kappa shape index (κ3) is 2.03. The first-order valence-electron chi connectivity index (χ1n) is 7.35. The number of hydrogen-bond donors (Lipinski definition) is 0. The fourth-order valence-corrected chi connectivity index (χ4v) is 3.14. The summed E-state index contributed by atoms with van der Waals surface area (Å²) in [4.78, 5) is 14.5. The van der Waals surface area contributed by atoms with Gasteiger partial charge in [-0.05, 0) is 18.8 Å². The summed E-state index contributed by atoms with van der Waals surface area (Å²) in [6.07, 6.45) is 4.56. The molecule has 0 saturated heterocycles. The summed E-state index contributed by atoms with van der Waals surface area (Å²) in [7, 11) is 0. The molecular formula is C14H17N5O2. The lowest BCUT2D eigenvalue weighted by molar-refractivity contribution is 0.0696. The van der Waals surface area contributed by atoms with E-state index in [4.69, 9.17) is 4.52 Å². The zero-order valence-corrected chi connectivity index (χ0v) is 11.9. The number of aromatic nitrogens is 4. The van der Waals surface area contributed by atoms with E-state index >= 15 is 0 Å². The molecule has 1 amide bonds. The Kier molecular flexibility index (Phi) is 2.80. The average Bonchev–Trinajstić information content (AvgIpc) is 3.11. The van der Waals surface area contributed by atoms with E-state index < -0.39 is 0 Å². The van der Waals surface area contributed by atoms with Crippen LogP contribution in [-0.4, -0.2) is 37.3 Å². The summed E-state index contributed by atoms with van der Waals surface area (Å²) < 4.78 is 7.35. The second-order valence-electron chi connectivity index (χ2n) is 5.95. The van der Waals surface area contributed by atoms with Gasteiger partial charge in [-0.3, -0.25) is 4.79 Å². The molecule has 0 bridgehead atoms. The second-order valence-corrected chi connectivity index (χ2v) is 5.95. The quantitative estimate of drug-likeness (QED) is 0.783. The van der Waals surface area contributed by atoms with Crippen LogP contribution in [0.1, 0.15) is 41.0 Å². The average molecular weight is 287 g/mol. The van der Waals surface area contributed by atoms with Crippen molar-refractivity contribution in [3.63, 3.8) is 0 Å². The molecule has 1 aliphatic carbocycles. The molecule has 2 aromatic rings. The van der Waals surface area contributed by atoms with Crippen LogP contribution in [0.25, 0.3) is 0 Å². The Balaban J connectivity index is 1.60. The van der Waals surface area contributed by atoms with Crippen LogP contribution in [0.15, 0.2) is 10.9 Å². The Labute approximate surface area is 121 Å². The topological polar surface area (TPSA) is 77.0 Å². The first kappa shape index (κ1) is 12.6. The number of fused-ring (bicyclic) bond motifs is 2. The van der Waals surface area contributed by atoms with E-state index in [-0.39, 0.29) is 5.91 Å². The Bertz CT molecular complexity index is 689. The minimum atomic E-state index is -0.0525. The van der Waals surface area contributed by atoms with E-state index in [1.807, 2.05) is 4.57 Å². The third-order valence-corrected chi connectivity index (χ3v) is 4.41. The highest BCUT2D eigenvalue weighted by Gasteiger charge is 2.31. The first-order chi connectivity index (χ1) is 10.2. The minimum absolute atomic E-state index is 0.0525. The van der Waals surface area contributed by atoms with Crippen LogP contribution < -0.4 is 0 Å². The molecule has 110 valence electrons. The molecule has 21 heavy (non-hydrogen) atoms. The largest absolute Gasteiger partial charge is 0.360 e. The van der Waals surface area contributed by atoms with Crippen molar-refractivity contribution in [1.82, 2.24) is 24.8 Å². The molecule has 1 aliphatic heterocycles. The van der Waals surface area contributed by atoms with Gasteiger partial charge in [-0.15, -0.1) is 10.2 Å². The molecule has 0 aromatic carbocycles. The summed E-state index contributed by atoms with van der Waals surface area (Å²) in [5.74, 6) is 2.23. The van der Waals surface area contributed by atoms with Crippen LogP contribution in [0.3, 0.4) is 0 Å². The molecule has 1 atom stereocenters. The van der Waals surface area contributed by atoms with Crippen molar-refractivity contribution in [3.8, 4) is 0 Å². The molecule has 4 rings (SSSR count). The van der Waals surface area contributed by atoms with Crippen molar-refractivity contribution < 1.29 is 9.32 Å². The number of aryl methyl sites for hydroxylation is 1. The predicted octanol–water partition coefficient (Wildman–Crippen LogP) is 1.05. The van der Waals surface area contributed by atoms with Crippen molar-refractivity contribution in [1.29, 1.82) is 0 Å². The summed E-state index contributed by atoms with van der Waals surface area (Å²) in [5.41, 5.74) is 1.50. The van der Waals surface area contributed by atoms with E-state index in [2.05, 4.69) is 22.3 Å². The molecule has 0 unspecified atom stereocenters. The number of carbonyl (C=O) groups is 1. The van der Waals surface area contributed by atoms with E-state index in [9.17, 15) is 4.79 Å². The smallest absolute Gasteiger partial charge is 0.276 e. The van der Waals surface area contributed by atoms with E-state index in [1.54, 1.807) is 11.2 Å².